The van der Waals surface area contributed by atoms with Gasteiger partial charge in [0, 0.05) is 21.3 Å². The van der Waals surface area contributed by atoms with E-state index in [2.05, 4.69) is 52.8 Å². The number of likely N-dealkylation sites (N-methyl/N-ethyl adjacent to an activating group) is 1. The highest BCUT2D eigenvalue weighted by atomic mass is 79.9. The minimum absolute atomic E-state index is 0.132. The smallest absolute Gasteiger partial charge is 0.123 e. The Bertz CT molecular complexity index is 562. The zero-order valence-corrected chi connectivity index (χ0v) is 14.3. The Hall–Kier alpha value is -0.710. The van der Waals surface area contributed by atoms with Gasteiger partial charge in [0.05, 0.1) is 0 Å². The van der Waals surface area contributed by atoms with Crippen LogP contribution in [0.1, 0.15) is 37.9 Å². The minimum Gasteiger partial charge on any atom is -0.309 e. The van der Waals surface area contributed by atoms with Crippen molar-refractivity contribution in [3.8, 4) is 0 Å². The van der Waals surface area contributed by atoms with Gasteiger partial charge in [-0.2, -0.15) is 11.3 Å². The highest BCUT2D eigenvalue weighted by Gasteiger charge is 2.33. The van der Waals surface area contributed by atoms with Gasteiger partial charge >= 0.3 is 0 Å². The van der Waals surface area contributed by atoms with Crippen molar-refractivity contribution in [2.75, 3.05) is 6.54 Å². The lowest BCUT2D eigenvalue weighted by molar-refractivity contribution is 0.353. The molecule has 0 bridgehead atoms. The Morgan fingerprint density at radius 1 is 1.25 bits per heavy atom. The van der Waals surface area contributed by atoms with Crippen molar-refractivity contribution >= 4 is 27.3 Å². The molecule has 1 N–H and O–H groups in total. The van der Waals surface area contributed by atoms with E-state index in [0.717, 1.165) is 16.6 Å². The molecule has 0 aliphatic heterocycles. The molecule has 1 heterocycles. The fraction of sp³-hybridized carbons (Fsp3) is 0.375. The fourth-order valence-electron chi connectivity index (χ4n) is 2.50. The summed E-state index contributed by atoms with van der Waals surface area (Å²) in [7, 11) is 0. The van der Waals surface area contributed by atoms with Gasteiger partial charge in [0.15, 0.2) is 0 Å². The maximum Gasteiger partial charge on any atom is 0.123 e. The van der Waals surface area contributed by atoms with Gasteiger partial charge in [0.2, 0.25) is 0 Å². The maximum absolute atomic E-state index is 13.1. The molecule has 0 saturated heterocycles. The van der Waals surface area contributed by atoms with Crippen LogP contribution < -0.4 is 5.32 Å². The summed E-state index contributed by atoms with van der Waals surface area (Å²) in [5.41, 5.74) is 2.25. The molecule has 1 aromatic carbocycles. The molecule has 1 unspecified atom stereocenters. The number of benzene rings is 1. The molecule has 0 fully saturated rings. The van der Waals surface area contributed by atoms with Crippen LogP contribution in [0.5, 0.6) is 0 Å². The van der Waals surface area contributed by atoms with E-state index in [9.17, 15) is 4.39 Å². The average molecular weight is 356 g/mol. The monoisotopic (exact) mass is 355 g/mol. The van der Waals surface area contributed by atoms with Crippen molar-refractivity contribution in [2.24, 2.45) is 0 Å². The zero-order valence-electron chi connectivity index (χ0n) is 11.9. The van der Waals surface area contributed by atoms with E-state index in [0.29, 0.717) is 0 Å². The third-order valence-electron chi connectivity index (χ3n) is 3.67. The normalized spacial score (nSPS) is 13.4. The Morgan fingerprint density at radius 2 is 1.90 bits per heavy atom. The van der Waals surface area contributed by atoms with Crippen LogP contribution in [0.2, 0.25) is 0 Å². The van der Waals surface area contributed by atoms with Gasteiger partial charge < -0.3 is 5.32 Å². The lowest BCUT2D eigenvalue weighted by Gasteiger charge is -2.35. The van der Waals surface area contributed by atoms with Crippen LogP contribution in [0.3, 0.4) is 0 Å². The van der Waals surface area contributed by atoms with E-state index in [1.807, 2.05) is 12.1 Å². The van der Waals surface area contributed by atoms with Gasteiger partial charge in [0.25, 0.3) is 0 Å². The molecule has 0 saturated carbocycles. The molecule has 0 aliphatic carbocycles. The molecule has 2 rings (SSSR count). The van der Waals surface area contributed by atoms with Crippen LogP contribution in [0.15, 0.2) is 39.5 Å². The van der Waals surface area contributed by atoms with Crippen LogP contribution >= 0.6 is 27.3 Å². The lowest BCUT2D eigenvalue weighted by Crippen LogP contribution is -2.37. The zero-order chi connectivity index (χ0) is 14.8. The highest BCUT2D eigenvalue weighted by Crippen LogP contribution is 2.40. The maximum atomic E-state index is 13.1. The summed E-state index contributed by atoms with van der Waals surface area (Å²) < 4.78 is 14.3. The molecule has 108 valence electrons. The molecule has 0 spiro atoms. The largest absolute Gasteiger partial charge is 0.309 e. The summed E-state index contributed by atoms with van der Waals surface area (Å²) in [6, 6.07) is 6.99. The molecule has 1 aromatic heterocycles. The van der Waals surface area contributed by atoms with Gasteiger partial charge in [-0.15, -0.1) is 0 Å². The van der Waals surface area contributed by atoms with Crippen molar-refractivity contribution in [1.82, 2.24) is 5.32 Å². The van der Waals surface area contributed by atoms with E-state index >= 15 is 0 Å². The Labute approximate surface area is 132 Å². The van der Waals surface area contributed by atoms with Crippen LogP contribution in [-0.2, 0) is 5.41 Å². The number of halogens is 2. The third-order valence-corrected chi connectivity index (χ3v) is 5.42. The van der Waals surface area contributed by atoms with E-state index in [-0.39, 0.29) is 17.3 Å². The molecule has 0 amide bonds. The predicted molar refractivity (Wildman–Crippen MR) is 87.9 cm³/mol. The third kappa shape index (κ3) is 3.13. The molecule has 0 aliphatic rings. The number of hydrogen-bond acceptors (Lipinski definition) is 2. The standard InChI is InChI=1S/C16H19BrFNS/c1-4-19-15(13-9-20-10-14(13)17)16(2,3)11-5-7-12(18)8-6-11/h5-10,15,19H,4H2,1-3H3. The molecule has 4 heteroatoms. The minimum atomic E-state index is -0.193. The van der Waals surface area contributed by atoms with Crippen LogP contribution in [0, 0.1) is 5.82 Å². The van der Waals surface area contributed by atoms with Crippen LogP contribution in [-0.4, -0.2) is 6.54 Å². The number of thiophene rings is 1. The Balaban J connectivity index is 2.41. The molecular formula is C16H19BrFNS. The summed E-state index contributed by atoms with van der Waals surface area (Å²) in [6.45, 7) is 7.38. The van der Waals surface area contributed by atoms with E-state index < -0.39 is 0 Å². The molecule has 20 heavy (non-hydrogen) atoms. The second-order valence-corrected chi connectivity index (χ2v) is 6.99. The SMILES string of the molecule is CCNC(c1cscc1Br)C(C)(C)c1ccc(F)cc1. The summed E-state index contributed by atoms with van der Waals surface area (Å²) in [5, 5.41) is 7.83. The van der Waals surface area contributed by atoms with E-state index in [1.54, 1.807) is 11.3 Å². The van der Waals surface area contributed by atoms with Gasteiger partial charge in [-0.25, -0.2) is 4.39 Å². The Morgan fingerprint density at radius 3 is 2.40 bits per heavy atom. The van der Waals surface area contributed by atoms with Gasteiger partial charge in [-0.3, -0.25) is 0 Å². The summed E-state index contributed by atoms with van der Waals surface area (Å²) >= 11 is 5.31. The first-order valence-corrected chi connectivity index (χ1v) is 8.41. The quantitative estimate of drug-likeness (QED) is 0.769. The summed E-state index contributed by atoms with van der Waals surface area (Å²) in [5.74, 6) is -0.193. The van der Waals surface area contributed by atoms with Crippen molar-refractivity contribution in [1.29, 1.82) is 0 Å². The molecule has 2 aromatic rings. The highest BCUT2D eigenvalue weighted by molar-refractivity contribution is 9.10. The number of hydrogen-bond donors (Lipinski definition) is 1. The number of rotatable bonds is 5. The second-order valence-electron chi connectivity index (χ2n) is 5.39. The van der Waals surface area contributed by atoms with E-state index in [4.69, 9.17) is 0 Å². The van der Waals surface area contributed by atoms with Crippen molar-refractivity contribution in [3.63, 3.8) is 0 Å². The molecule has 0 radical (unpaired) electrons. The molecule has 1 nitrogen and oxygen atoms in total. The van der Waals surface area contributed by atoms with Gasteiger partial charge in [-0.05, 0) is 51.1 Å². The fourth-order valence-corrected chi connectivity index (χ4v) is 4.05. The Kier molecular flexibility index (Phi) is 4.99. The lowest BCUT2D eigenvalue weighted by atomic mass is 9.75. The van der Waals surface area contributed by atoms with E-state index in [1.165, 1.54) is 17.7 Å². The first-order chi connectivity index (χ1) is 9.46. The summed E-state index contributed by atoms with van der Waals surface area (Å²) in [4.78, 5) is 0. The second kappa shape index (κ2) is 6.37. The topological polar surface area (TPSA) is 12.0 Å². The average Bonchev–Trinajstić information content (AvgIpc) is 2.82. The molecular weight excluding hydrogens is 337 g/mol. The first kappa shape index (κ1) is 15.7. The van der Waals surface area contributed by atoms with Gasteiger partial charge in [0.1, 0.15) is 5.82 Å². The van der Waals surface area contributed by atoms with Crippen LogP contribution in [0.25, 0.3) is 0 Å². The van der Waals surface area contributed by atoms with Crippen LogP contribution in [0.4, 0.5) is 4.39 Å². The number of nitrogens with one attached hydrogen (secondary N) is 1. The van der Waals surface area contributed by atoms with Gasteiger partial charge in [-0.1, -0.05) is 32.9 Å². The summed E-state index contributed by atoms with van der Waals surface area (Å²) in [6.07, 6.45) is 0. The first-order valence-electron chi connectivity index (χ1n) is 6.67. The van der Waals surface area contributed by atoms with Crippen molar-refractivity contribution < 1.29 is 4.39 Å². The predicted octanol–water partition coefficient (Wildman–Crippen LogP) is 5.28. The van der Waals surface area contributed by atoms with Crippen molar-refractivity contribution in [2.45, 2.75) is 32.2 Å². The molecule has 1 atom stereocenters. The van der Waals surface area contributed by atoms with Crippen molar-refractivity contribution in [3.05, 3.63) is 56.4 Å².